The van der Waals surface area contributed by atoms with Gasteiger partial charge in [0, 0.05) is 13.0 Å². The molecule has 0 heterocycles. The summed E-state index contributed by atoms with van der Waals surface area (Å²) in [6.07, 6.45) is 1.38. The highest BCUT2D eigenvalue weighted by atomic mass is 16.5. The number of hydrogen-bond donors (Lipinski definition) is 0. The van der Waals surface area contributed by atoms with Crippen LogP contribution < -0.4 is 0 Å². The van der Waals surface area contributed by atoms with Crippen molar-refractivity contribution in [2.45, 2.75) is 25.9 Å². The van der Waals surface area contributed by atoms with Crippen LogP contribution in [0.4, 0.5) is 0 Å². The van der Waals surface area contributed by atoms with Crippen molar-refractivity contribution in [1.82, 2.24) is 0 Å². The van der Waals surface area contributed by atoms with Crippen molar-refractivity contribution in [3.63, 3.8) is 0 Å². The quantitative estimate of drug-likeness (QED) is 0.713. The molecule has 0 N–H and O–H groups in total. The van der Waals surface area contributed by atoms with E-state index in [4.69, 9.17) is 10.00 Å². The van der Waals surface area contributed by atoms with E-state index in [1.54, 1.807) is 0 Å². The zero-order chi connectivity index (χ0) is 10.2. The topological polar surface area (TPSA) is 33.0 Å². The summed E-state index contributed by atoms with van der Waals surface area (Å²) < 4.78 is 5.58. The molecule has 0 saturated carbocycles. The van der Waals surface area contributed by atoms with Gasteiger partial charge in [-0.1, -0.05) is 30.3 Å². The molecule has 0 spiro atoms. The van der Waals surface area contributed by atoms with Crippen LogP contribution in [-0.2, 0) is 4.74 Å². The van der Waals surface area contributed by atoms with E-state index < -0.39 is 0 Å². The van der Waals surface area contributed by atoms with Crippen LogP contribution in [0.1, 0.15) is 31.4 Å². The second-order valence-electron chi connectivity index (χ2n) is 3.05. The van der Waals surface area contributed by atoms with Crippen molar-refractivity contribution >= 4 is 0 Å². The van der Waals surface area contributed by atoms with Crippen LogP contribution in [0.5, 0.6) is 0 Å². The Bertz CT molecular complexity index is 289. The predicted molar refractivity (Wildman–Crippen MR) is 55.7 cm³/mol. The largest absolute Gasteiger partial charge is 0.374 e. The molecule has 1 aromatic carbocycles. The summed E-state index contributed by atoms with van der Waals surface area (Å²) >= 11 is 0. The minimum Gasteiger partial charge on any atom is -0.374 e. The van der Waals surface area contributed by atoms with Crippen LogP contribution in [0, 0.1) is 11.3 Å². The minimum absolute atomic E-state index is 0.0702. The lowest BCUT2D eigenvalue weighted by Gasteiger charge is -2.15. The maximum Gasteiger partial charge on any atom is 0.0834 e. The average molecular weight is 189 g/mol. The molecule has 0 aromatic heterocycles. The van der Waals surface area contributed by atoms with E-state index in [-0.39, 0.29) is 6.10 Å². The molecule has 2 heteroatoms. The van der Waals surface area contributed by atoms with Gasteiger partial charge in [-0.15, -0.1) is 0 Å². The summed E-state index contributed by atoms with van der Waals surface area (Å²) in [7, 11) is 0. The highest BCUT2D eigenvalue weighted by molar-refractivity contribution is 5.17. The maximum atomic E-state index is 8.52. The molecule has 0 bridgehead atoms. The zero-order valence-corrected chi connectivity index (χ0v) is 8.44. The van der Waals surface area contributed by atoms with E-state index in [1.807, 2.05) is 37.3 Å². The molecule has 2 nitrogen and oxygen atoms in total. The van der Waals surface area contributed by atoms with Gasteiger partial charge in [-0.2, -0.15) is 5.26 Å². The molecule has 14 heavy (non-hydrogen) atoms. The van der Waals surface area contributed by atoms with Crippen molar-refractivity contribution in [1.29, 1.82) is 5.26 Å². The number of rotatable bonds is 5. The van der Waals surface area contributed by atoms with Gasteiger partial charge in [0.1, 0.15) is 0 Å². The standard InChI is InChI=1S/C12H15NO/c1-2-14-12(9-6-10-13)11-7-4-3-5-8-11/h3-5,7-8,12H,2,6,9H2,1H3/t12-/m0/s1. The Hall–Kier alpha value is -1.33. The third-order valence-corrected chi connectivity index (χ3v) is 2.06. The first-order valence-electron chi connectivity index (χ1n) is 4.92. The summed E-state index contributed by atoms with van der Waals surface area (Å²) in [5.74, 6) is 0. The summed E-state index contributed by atoms with van der Waals surface area (Å²) in [6, 6.07) is 12.2. The Morgan fingerprint density at radius 1 is 1.36 bits per heavy atom. The third-order valence-electron chi connectivity index (χ3n) is 2.06. The Morgan fingerprint density at radius 2 is 2.07 bits per heavy atom. The van der Waals surface area contributed by atoms with Gasteiger partial charge in [0.2, 0.25) is 0 Å². The Kier molecular flexibility index (Phi) is 4.74. The molecule has 0 amide bonds. The van der Waals surface area contributed by atoms with Crippen molar-refractivity contribution in [3.05, 3.63) is 35.9 Å². The fraction of sp³-hybridized carbons (Fsp3) is 0.417. The van der Waals surface area contributed by atoms with Gasteiger partial charge in [0.15, 0.2) is 0 Å². The normalized spacial score (nSPS) is 12.0. The first-order chi connectivity index (χ1) is 6.88. The zero-order valence-electron chi connectivity index (χ0n) is 8.44. The summed E-state index contributed by atoms with van der Waals surface area (Å²) in [5, 5.41) is 8.52. The van der Waals surface area contributed by atoms with Crippen molar-refractivity contribution in [2.75, 3.05) is 6.61 Å². The molecular formula is C12H15NO. The number of ether oxygens (including phenoxy) is 1. The monoisotopic (exact) mass is 189 g/mol. The summed E-state index contributed by atoms with van der Waals surface area (Å²) in [6.45, 7) is 2.66. The van der Waals surface area contributed by atoms with Crippen molar-refractivity contribution in [2.24, 2.45) is 0 Å². The third kappa shape index (κ3) is 3.20. The van der Waals surface area contributed by atoms with Crippen LogP contribution >= 0.6 is 0 Å². The molecule has 0 aliphatic carbocycles. The molecular weight excluding hydrogens is 174 g/mol. The number of hydrogen-bond acceptors (Lipinski definition) is 2. The van der Waals surface area contributed by atoms with Gasteiger partial charge in [-0.3, -0.25) is 0 Å². The Morgan fingerprint density at radius 3 is 2.64 bits per heavy atom. The van der Waals surface area contributed by atoms with E-state index in [9.17, 15) is 0 Å². The lowest BCUT2D eigenvalue weighted by molar-refractivity contribution is 0.0572. The van der Waals surface area contributed by atoms with E-state index >= 15 is 0 Å². The number of nitriles is 1. The number of nitrogens with zero attached hydrogens (tertiary/aromatic N) is 1. The van der Waals surface area contributed by atoms with Crippen LogP contribution in [0.15, 0.2) is 30.3 Å². The molecule has 0 saturated heterocycles. The van der Waals surface area contributed by atoms with Crippen LogP contribution in [0.25, 0.3) is 0 Å². The maximum absolute atomic E-state index is 8.52. The lowest BCUT2D eigenvalue weighted by atomic mass is 10.1. The molecule has 0 fully saturated rings. The first kappa shape index (κ1) is 10.7. The molecule has 0 aliphatic heterocycles. The Balaban J connectivity index is 2.63. The second-order valence-corrected chi connectivity index (χ2v) is 3.05. The van der Waals surface area contributed by atoms with E-state index in [0.29, 0.717) is 13.0 Å². The van der Waals surface area contributed by atoms with Gasteiger partial charge >= 0.3 is 0 Å². The highest BCUT2D eigenvalue weighted by Gasteiger charge is 2.09. The summed E-state index contributed by atoms with van der Waals surface area (Å²) in [5.41, 5.74) is 1.16. The molecule has 0 radical (unpaired) electrons. The van der Waals surface area contributed by atoms with Crippen molar-refractivity contribution < 1.29 is 4.74 Å². The smallest absolute Gasteiger partial charge is 0.0834 e. The molecule has 1 rings (SSSR count). The molecule has 1 aromatic rings. The molecule has 0 unspecified atom stereocenters. The van der Waals surface area contributed by atoms with Gasteiger partial charge < -0.3 is 4.74 Å². The summed E-state index contributed by atoms with van der Waals surface area (Å²) in [4.78, 5) is 0. The molecule has 0 aliphatic rings. The second kappa shape index (κ2) is 6.17. The van der Waals surface area contributed by atoms with Gasteiger partial charge in [-0.25, -0.2) is 0 Å². The van der Waals surface area contributed by atoms with Crippen molar-refractivity contribution in [3.8, 4) is 6.07 Å². The fourth-order valence-corrected chi connectivity index (χ4v) is 1.41. The number of benzene rings is 1. The van der Waals surface area contributed by atoms with Gasteiger partial charge in [-0.05, 0) is 18.9 Å². The Labute approximate surface area is 85.1 Å². The molecule has 1 atom stereocenters. The van der Waals surface area contributed by atoms with Gasteiger partial charge in [0.05, 0.1) is 12.2 Å². The predicted octanol–water partition coefficient (Wildman–Crippen LogP) is 3.07. The van der Waals surface area contributed by atoms with Crippen LogP contribution in [-0.4, -0.2) is 6.61 Å². The first-order valence-corrected chi connectivity index (χ1v) is 4.92. The minimum atomic E-state index is 0.0702. The van der Waals surface area contributed by atoms with E-state index in [2.05, 4.69) is 6.07 Å². The highest BCUT2D eigenvalue weighted by Crippen LogP contribution is 2.21. The van der Waals surface area contributed by atoms with Crippen LogP contribution in [0.3, 0.4) is 0 Å². The van der Waals surface area contributed by atoms with Gasteiger partial charge in [0.25, 0.3) is 0 Å². The molecule has 74 valence electrons. The van der Waals surface area contributed by atoms with E-state index in [1.165, 1.54) is 0 Å². The average Bonchev–Trinajstić information content (AvgIpc) is 2.25. The van der Waals surface area contributed by atoms with Crippen LogP contribution in [0.2, 0.25) is 0 Å². The SMILES string of the molecule is CCO[C@@H](CCC#N)c1ccccc1. The fourth-order valence-electron chi connectivity index (χ4n) is 1.41. The lowest BCUT2D eigenvalue weighted by Crippen LogP contribution is -2.03. The van der Waals surface area contributed by atoms with E-state index in [0.717, 1.165) is 12.0 Å².